The van der Waals surface area contributed by atoms with Crippen molar-refractivity contribution in [3.8, 4) is 0 Å². The minimum atomic E-state index is -0.00981. The van der Waals surface area contributed by atoms with Crippen LogP contribution in [0.4, 0.5) is 5.69 Å². The van der Waals surface area contributed by atoms with Crippen LogP contribution < -0.4 is 10.6 Å². The molecule has 0 aromatic heterocycles. The summed E-state index contributed by atoms with van der Waals surface area (Å²) in [4.78, 5) is 12.2. The maximum Gasteiger partial charge on any atom is 0.225 e. The Morgan fingerprint density at radius 2 is 1.91 bits per heavy atom. The number of aryl methyl sites for hydroxylation is 2. The van der Waals surface area contributed by atoms with E-state index in [-0.39, 0.29) is 30.0 Å². The lowest BCUT2D eigenvalue weighted by Crippen LogP contribution is -2.42. The predicted octanol–water partition coefficient (Wildman–Crippen LogP) is 3.41. The molecule has 4 nitrogen and oxygen atoms in total. The molecule has 0 saturated carbocycles. The zero-order valence-corrected chi connectivity index (χ0v) is 15.4. The average molecular weight is 320 g/mol. The summed E-state index contributed by atoms with van der Waals surface area (Å²) in [6.45, 7) is 12.5. The molecule has 0 aliphatic carbocycles. The fraction of sp³-hybridized carbons (Fsp3) is 0.632. The quantitative estimate of drug-likeness (QED) is 0.721. The first kappa shape index (κ1) is 19.7. The lowest BCUT2D eigenvalue weighted by molar-refractivity contribution is -0.116. The molecule has 1 aromatic rings. The van der Waals surface area contributed by atoms with E-state index in [9.17, 15) is 9.90 Å². The van der Waals surface area contributed by atoms with Crippen LogP contribution in [0.15, 0.2) is 18.2 Å². The minimum absolute atomic E-state index is 0.00981. The highest BCUT2D eigenvalue weighted by Gasteiger charge is 2.20. The smallest absolute Gasteiger partial charge is 0.225 e. The summed E-state index contributed by atoms with van der Waals surface area (Å²) in [7, 11) is 0. The van der Waals surface area contributed by atoms with E-state index in [1.54, 1.807) is 0 Å². The van der Waals surface area contributed by atoms with Gasteiger partial charge in [0, 0.05) is 24.2 Å². The van der Waals surface area contributed by atoms with Gasteiger partial charge in [-0.1, -0.05) is 38.5 Å². The number of amides is 1. The first-order valence-corrected chi connectivity index (χ1v) is 8.34. The molecular weight excluding hydrogens is 288 g/mol. The highest BCUT2D eigenvalue weighted by Crippen LogP contribution is 2.21. The zero-order chi connectivity index (χ0) is 17.6. The number of rotatable bonds is 7. The lowest BCUT2D eigenvalue weighted by atomic mass is 9.88. The number of hydrogen-bond donors (Lipinski definition) is 3. The largest absolute Gasteiger partial charge is 0.395 e. The molecule has 0 bridgehead atoms. The standard InChI is InChI=1S/C19H32N2O2/c1-13-7-8-17(14(2)9-13)21-18(23)10-15(3)20-16(12-22)11-19(4,5)6/h7-9,15-16,20,22H,10-12H2,1-6H3,(H,21,23). The van der Waals surface area contributed by atoms with Crippen LogP contribution >= 0.6 is 0 Å². The van der Waals surface area contributed by atoms with Gasteiger partial charge in [0.25, 0.3) is 0 Å². The second-order valence-electron chi connectivity index (χ2n) is 7.78. The fourth-order valence-corrected chi connectivity index (χ4v) is 2.81. The Kier molecular flexibility index (Phi) is 7.23. The summed E-state index contributed by atoms with van der Waals surface area (Å²) >= 11 is 0. The Bertz CT molecular complexity index is 521. The van der Waals surface area contributed by atoms with Crippen LogP contribution in [0.5, 0.6) is 0 Å². The SMILES string of the molecule is Cc1ccc(NC(=O)CC(C)NC(CO)CC(C)(C)C)c(C)c1. The topological polar surface area (TPSA) is 61.4 Å². The minimum Gasteiger partial charge on any atom is -0.395 e. The molecule has 2 atom stereocenters. The predicted molar refractivity (Wildman–Crippen MR) is 96.7 cm³/mol. The number of aliphatic hydroxyl groups is 1. The maximum absolute atomic E-state index is 12.2. The first-order chi connectivity index (χ1) is 10.6. The van der Waals surface area contributed by atoms with Crippen LogP contribution in [-0.4, -0.2) is 29.7 Å². The van der Waals surface area contributed by atoms with E-state index < -0.39 is 0 Å². The third kappa shape index (κ3) is 7.62. The Balaban J connectivity index is 2.52. The van der Waals surface area contributed by atoms with E-state index in [1.165, 1.54) is 5.56 Å². The third-order valence-corrected chi connectivity index (χ3v) is 3.75. The van der Waals surface area contributed by atoms with Crippen LogP contribution in [-0.2, 0) is 4.79 Å². The highest BCUT2D eigenvalue weighted by molar-refractivity contribution is 5.91. The molecule has 0 heterocycles. The number of carbonyl (C=O) groups is 1. The van der Waals surface area contributed by atoms with Crippen molar-refractivity contribution < 1.29 is 9.90 Å². The van der Waals surface area contributed by atoms with E-state index in [0.717, 1.165) is 17.7 Å². The average Bonchev–Trinajstić information content (AvgIpc) is 2.39. The molecule has 0 saturated heterocycles. The number of anilines is 1. The Hall–Kier alpha value is -1.39. The van der Waals surface area contributed by atoms with E-state index in [4.69, 9.17) is 0 Å². The lowest BCUT2D eigenvalue weighted by Gasteiger charge is -2.28. The molecule has 0 radical (unpaired) electrons. The number of carbonyl (C=O) groups excluding carboxylic acids is 1. The van der Waals surface area contributed by atoms with Gasteiger partial charge in [0.1, 0.15) is 0 Å². The molecule has 1 rings (SSSR count). The van der Waals surface area contributed by atoms with Gasteiger partial charge in [-0.25, -0.2) is 0 Å². The van der Waals surface area contributed by atoms with Crippen LogP contribution in [0.25, 0.3) is 0 Å². The monoisotopic (exact) mass is 320 g/mol. The molecule has 0 fully saturated rings. The van der Waals surface area contributed by atoms with Gasteiger partial charge in [0.2, 0.25) is 5.91 Å². The van der Waals surface area contributed by atoms with Gasteiger partial charge < -0.3 is 15.7 Å². The number of nitrogens with one attached hydrogen (secondary N) is 2. The molecule has 0 aliphatic heterocycles. The Labute approximate surface area is 140 Å². The molecule has 0 aliphatic rings. The molecule has 1 aromatic carbocycles. The number of benzene rings is 1. The maximum atomic E-state index is 12.2. The second-order valence-corrected chi connectivity index (χ2v) is 7.78. The van der Waals surface area contributed by atoms with Crippen molar-refractivity contribution in [3.63, 3.8) is 0 Å². The van der Waals surface area contributed by atoms with Gasteiger partial charge in [-0.05, 0) is 44.2 Å². The van der Waals surface area contributed by atoms with Crippen molar-refractivity contribution >= 4 is 11.6 Å². The van der Waals surface area contributed by atoms with E-state index in [0.29, 0.717) is 6.42 Å². The second kappa shape index (κ2) is 8.46. The molecule has 0 spiro atoms. The molecular formula is C19H32N2O2. The van der Waals surface area contributed by atoms with Gasteiger partial charge in [0.05, 0.1) is 6.61 Å². The molecule has 2 unspecified atom stereocenters. The summed E-state index contributed by atoms with van der Waals surface area (Å²) in [6, 6.07) is 6.02. The van der Waals surface area contributed by atoms with Crippen LogP contribution in [0.3, 0.4) is 0 Å². The first-order valence-electron chi connectivity index (χ1n) is 8.34. The number of hydrogen-bond acceptors (Lipinski definition) is 3. The number of aliphatic hydroxyl groups excluding tert-OH is 1. The van der Waals surface area contributed by atoms with Crippen molar-refractivity contribution in [2.24, 2.45) is 5.41 Å². The van der Waals surface area contributed by atoms with Gasteiger partial charge in [-0.2, -0.15) is 0 Å². The van der Waals surface area contributed by atoms with Gasteiger partial charge in [-0.3, -0.25) is 4.79 Å². The van der Waals surface area contributed by atoms with Crippen molar-refractivity contribution in [3.05, 3.63) is 29.3 Å². The third-order valence-electron chi connectivity index (χ3n) is 3.75. The van der Waals surface area contributed by atoms with E-state index >= 15 is 0 Å². The van der Waals surface area contributed by atoms with E-state index in [1.807, 2.05) is 32.9 Å². The van der Waals surface area contributed by atoms with Gasteiger partial charge in [0.15, 0.2) is 0 Å². The molecule has 1 amide bonds. The molecule has 130 valence electrons. The van der Waals surface area contributed by atoms with Crippen molar-refractivity contribution in [2.75, 3.05) is 11.9 Å². The fourth-order valence-electron chi connectivity index (χ4n) is 2.81. The summed E-state index contributed by atoms with van der Waals surface area (Å²) in [5, 5.41) is 15.8. The summed E-state index contributed by atoms with van der Waals surface area (Å²) < 4.78 is 0. The Morgan fingerprint density at radius 1 is 1.26 bits per heavy atom. The highest BCUT2D eigenvalue weighted by atomic mass is 16.3. The van der Waals surface area contributed by atoms with Crippen LogP contribution in [0, 0.1) is 19.3 Å². The van der Waals surface area contributed by atoms with Gasteiger partial charge >= 0.3 is 0 Å². The molecule has 23 heavy (non-hydrogen) atoms. The summed E-state index contributed by atoms with van der Waals surface area (Å²) in [5.41, 5.74) is 3.26. The van der Waals surface area contributed by atoms with Gasteiger partial charge in [-0.15, -0.1) is 0 Å². The van der Waals surface area contributed by atoms with Crippen LogP contribution in [0.2, 0.25) is 0 Å². The summed E-state index contributed by atoms with van der Waals surface area (Å²) in [6.07, 6.45) is 1.25. The Morgan fingerprint density at radius 3 is 2.43 bits per heavy atom. The zero-order valence-electron chi connectivity index (χ0n) is 15.4. The molecule has 4 heteroatoms. The normalized spacial score (nSPS) is 14.4. The van der Waals surface area contributed by atoms with Crippen LogP contribution in [0.1, 0.15) is 51.7 Å². The van der Waals surface area contributed by atoms with Crippen molar-refractivity contribution in [1.29, 1.82) is 0 Å². The molecule has 3 N–H and O–H groups in total. The summed E-state index contributed by atoms with van der Waals surface area (Å²) in [5.74, 6) is -0.00981. The van der Waals surface area contributed by atoms with E-state index in [2.05, 4.69) is 37.5 Å². The van der Waals surface area contributed by atoms with Crippen molar-refractivity contribution in [2.45, 2.75) is 66.5 Å². The van der Waals surface area contributed by atoms with Crippen molar-refractivity contribution in [1.82, 2.24) is 5.32 Å².